The fourth-order valence-electron chi connectivity index (χ4n) is 1.94. The first-order valence-corrected chi connectivity index (χ1v) is 6.26. The van der Waals surface area contributed by atoms with Crippen molar-refractivity contribution in [1.82, 2.24) is 10.2 Å². The molecule has 0 aromatic heterocycles. The third-order valence-electron chi connectivity index (χ3n) is 3.36. The number of hydrogen-bond donors (Lipinski definition) is 1. The predicted molar refractivity (Wildman–Crippen MR) is 66.9 cm³/mol. The van der Waals surface area contributed by atoms with Gasteiger partial charge in [-0.1, -0.05) is 22.0 Å². The van der Waals surface area contributed by atoms with Crippen LogP contribution in [0.2, 0.25) is 0 Å². The first kappa shape index (κ1) is 12.0. The van der Waals surface area contributed by atoms with Crippen molar-refractivity contribution in [3.63, 3.8) is 0 Å². The summed E-state index contributed by atoms with van der Waals surface area (Å²) in [5, 5.41) is 3.23. The minimum absolute atomic E-state index is 0.111. The van der Waals surface area contributed by atoms with Gasteiger partial charge in [0.2, 0.25) is 0 Å². The quantitative estimate of drug-likeness (QED) is 0.919. The molecule has 1 aliphatic heterocycles. The lowest BCUT2D eigenvalue weighted by Crippen LogP contribution is -2.56. The second-order valence-corrected chi connectivity index (χ2v) is 5.24. The smallest absolute Gasteiger partial charge is 0.129 e. The van der Waals surface area contributed by atoms with Gasteiger partial charge in [-0.2, -0.15) is 0 Å². The maximum Gasteiger partial charge on any atom is 0.129 e. The molecule has 2 nitrogen and oxygen atoms in total. The van der Waals surface area contributed by atoms with Gasteiger partial charge in [-0.05, 0) is 26.1 Å². The summed E-state index contributed by atoms with van der Waals surface area (Å²) in [5.74, 6) is -0.138. The summed E-state index contributed by atoms with van der Waals surface area (Å²) in [6, 6.07) is 5.91. The van der Waals surface area contributed by atoms with Crippen LogP contribution in [0.15, 0.2) is 22.7 Å². The summed E-state index contributed by atoms with van der Waals surface area (Å²) in [6.07, 6.45) is 0. The molecular weight excluding hydrogens is 271 g/mol. The highest BCUT2D eigenvalue weighted by atomic mass is 79.9. The zero-order valence-electron chi connectivity index (χ0n) is 9.50. The highest BCUT2D eigenvalue weighted by Gasteiger charge is 2.26. The van der Waals surface area contributed by atoms with Crippen molar-refractivity contribution in [2.75, 3.05) is 20.1 Å². The number of likely N-dealkylation sites (N-methyl/N-ethyl adjacent to an activating group) is 1. The lowest BCUT2D eigenvalue weighted by Gasteiger charge is -2.39. The fourth-order valence-corrected chi connectivity index (χ4v) is 2.27. The van der Waals surface area contributed by atoms with Crippen molar-refractivity contribution in [3.8, 4) is 0 Å². The van der Waals surface area contributed by atoms with Crippen molar-refractivity contribution in [2.24, 2.45) is 0 Å². The zero-order chi connectivity index (χ0) is 11.7. The monoisotopic (exact) mass is 286 g/mol. The Morgan fingerprint density at radius 2 is 2.19 bits per heavy atom. The summed E-state index contributed by atoms with van der Waals surface area (Å²) in [6.45, 7) is 4.04. The summed E-state index contributed by atoms with van der Waals surface area (Å²) in [4.78, 5) is 2.23. The molecule has 1 N–H and O–H groups in total. The molecule has 1 aromatic carbocycles. The number of benzene rings is 1. The minimum Gasteiger partial charge on any atom is -0.314 e. The van der Waals surface area contributed by atoms with E-state index in [4.69, 9.17) is 0 Å². The lowest BCUT2D eigenvalue weighted by molar-refractivity contribution is 0.134. The largest absolute Gasteiger partial charge is 0.314 e. The highest BCUT2D eigenvalue weighted by Crippen LogP contribution is 2.26. The molecule has 0 aliphatic carbocycles. The Hall–Kier alpha value is -0.450. The van der Waals surface area contributed by atoms with Gasteiger partial charge in [0.15, 0.2) is 0 Å². The number of rotatable bonds is 3. The van der Waals surface area contributed by atoms with E-state index in [0.717, 1.165) is 23.1 Å². The molecule has 1 fully saturated rings. The maximum atomic E-state index is 13.8. The van der Waals surface area contributed by atoms with Crippen LogP contribution in [0, 0.1) is 5.82 Å². The maximum absolute atomic E-state index is 13.8. The van der Waals surface area contributed by atoms with E-state index in [9.17, 15) is 4.39 Å². The molecule has 1 unspecified atom stereocenters. The van der Waals surface area contributed by atoms with Gasteiger partial charge in [0.05, 0.1) is 0 Å². The second-order valence-electron chi connectivity index (χ2n) is 4.32. The van der Waals surface area contributed by atoms with Gasteiger partial charge in [0, 0.05) is 35.2 Å². The van der Waals surface area contributed by atoms with Gasteiger partial charge in [0.1, 0.15) is 5.82 Å². The molecule has 88 valence electrons. The first-order chi connectivity index (χ1) is 7.59. The molecule has 2 rings (SSSR count). The summed E-state index contributed by atoms with van der Waals surface area (Å²) in [7, 11) is 2.05. The third kappa shape index (κ3) is 2.29. The number of hydrogen-bond acceptors (Lipinski definition) is 2. The molecule has 1 atom stereocenters. The van der Waals surface area contributed by atoms with Gasteiger partial charge in [-0.3, -0.25) is 4.90 Å². The Kier molecular flexibility index (Phi) is 3.62. The fraction of sp³-hybridized carbons (Fsp3) is 0.500. The molecule has 0 radical (unpaired) electrons. The molecular formula is C12H16BrFN2. The minimum atomic E-state index is -0.138. The molecule has 1 saturated heterocycles. The normalized spacial score (nSPS) is 18.6. The summed E-state index contributed by atoms with van der Waals surface area (Å²) in [5.41, 5.74) is 0.762. The van der Waals surface area contributed by atoms with Crippen molar-refractivity contribution < 1.29 is 4.39 Å². The Labute approximate surface area is 104 Å². The second kappa shape index (κ2) is 4.82. The number of nitrogens with zero attached hydrogens (tertiary/aromatic N) is 1. The van der Waals surface area contributed by atoms with Gasteiger partial charge in [-0.25, -0.2) is 4.39 Å². The molecule has 1 aromatic rings. The van der Waals surface area contributed by atoms with Gasteiger partial charge >= 0.3 is 0 Å². The molecule has 0 saturated carbocycles. The van der Waals surface area contributed by atoms with Crippen LogP contribution in [0.1, 0.15) is 18.5 Å². The van der Waals surface area contributed by atoms with Gasteiger partial charge in [-0.15, -0.1) is 0 Å². The van der Waals surface area contributed by atoms with Crippen LogP contribution in [0.3, 0.4) is 0 Å². The SMILES string of the molecule is CC(c1ccc(Br)cc1F)N(C)C1CNC1. The third-order valence-corrected chi connectivity index (χ3v) is 3.85. The first-order valence-electron chi connectivity index (χ1n) is 5.47. The van der Waals surface area contributed by atoms with Crippen molar-refractivity contribution >= 4 is 15.9 Å². The van der Waals surface area contributed by atoms with E-state index >= 15 is 0 Å². The van der Waals surface area contributed by atoms with E-state index in [-0.39, 0.29) is 11.9 Å². The van der Waals surface area contributed by atoms with Crippen LogP contribution in [0.4, 0.5) is 4.39 Å². The van der Waals surface area contributed by atoms with E-state index in [2.05, 4.69) is 33.2 Å². The van der Waals surface area contributed by atoms with Crippen LogP contribution in [0.25, 0.3) is 0 Å². The van der Waals surface area contributed by atoms with Gasteiger partial charge < -0.3 is 5.32 Å². The van der Waals surface area contributed by atoms with Crippen LogP contribution in [0.5, 0.6) is 0 Å². The Morgan fingerprint density at radius 1 is 1.50 bits per heavy atom. The average Bonchev–Trinajstić information content (AvgIpc) is 2.14. The van der Waals surface area contributed by atoms with Crippen LogP contribution < -0.4 is 5.32 Å². The molecule has 1 aliphatic rings. The Morgan fingerprint density at radius 3 is 2.69 bits per heavy atom. The van der Waals surface area contributed by atoms with Gasteiger partial charge in [0.25, 0.3) is 0 Å². The van der Waals surface area contributed by atoms with Crippen molar-refractivity contribution in [1.29, 1.82) is 0 Å². The van der Waals surface area contributed by atoms with E-state index in [0.29, 0.717) is 6.04 Å². The lowest BCUT2D eigenvalue weighted by atomic mass is 10.0. The van der Waals surface area contributed by atoms with E-state index in [1.165, 1.54) is 6.07 Å². The molecule has 0 spiro atoms. The average molecular weight is 287 g/mol. The summed E-state index contributed by atoms with van der Waals surface area (Å²) < 4.78 is 14.6. The summed E-state index contributed by atoms with van der Waals surface area (Å²) >= 11 is 3.27. The number of halogens is 2. The molecule has 0 bridgehead atoms. The van der Waals surface area contributed by atoms with Crippen LogP contribution in [-0.2, 0) is 0 Å². The van der Waals surface area contributed by atoms with E-state index in [1.807, 2.05) is 19.1 Å². The van der Waals surface area contributed by atoms with Crippen LogP contribution in [-0.4, -0.2) is 31.1 Å². The topological polar surface area (TPSA) is 15.3 Å². The van der Waals surface area contributed by atoms with E-state index < -0.39 is 0 Å². The zero-order valence-corrected chi connectivity index (χ0v) is 11.1. The molecule has 4 heteroatoms. The Bertz CT molecular complexity index is 379. The predicted octanol–water partition coefficient (Wildman–Crippen LogP) is 2.55. The standard InChI is InChI=1S/C12H16BrFN2/c1-8(16(2)10-6-15-7-10)11-4-3-9(13)5-12(11)14/h3-5,8,10,15H,6-7H2,1-2H3. The van der Waals surface area contributed by atoms with Crippen LogP contribution >= 0.6 is 15.9 Å². The number of nitrogens with one attached hydrogen (secondary N) is 1. The molecule has 1 heterocycles. The van der Waals surface area contributed by atoms with Crippen molar-refractivity contribution in [3.05, 3.63) is 34.1 Å². The highest BCUT2D eigenvalue weighted by molar-refractivity contribution is 9.10. The molecule has 16 heavy (non-hydrogen) atoms. The Balaban J connectivity index is 2.15. The molecule has 0 amide bonds. The van der Waals surface area contributed by atoms with Crippen molar-refractivity contribution in [2.45, 2.75) is 19.0 Å². The van der Waals surface area contributed by atoms with E-state index in [1.54, 1.807) is 0 Å².